The minimum absolute atomic E-state index is 0.335. The maximum absolute atomic E-state index is 11.0. The molecule has 88 valence electrons. The number of nitrogens with zero attached hydrogens (tertiary/aromatic N) is 1. The smallest absolute Gasteiger partial charge is 0.322 e. The van der Waals surface area contributed by atoms with Crippen molar-refractivity contribution in [3.63, 3.8) is 0 Å². The lowest BCUT2D eigenvalue weighted by atomic mass is 10.0. The van der Waals surface area contributed by atoms with E-state index in [1.54, 1.807) is 0 Å². The maximum atomic E-state index is 11.0. The van der Waals surface area contributed by atoms with Crippen LogP contribution < -0.4 is 5.32 Å². The molecule has 0 spiro atoms. The lowest BCUT2D eigenvalue weighted by Crippen LogP contribution is -2.55. The minimum atomic E-state index is -0.703. The Hall–Kier alpha value is -0.610. The summed E-state index contributed by atoms with van der Waals surface area (Å²) in [5, 5.41) is 12.2. The fourth-order valence-corrected chi connectivity index (χ4v) is 2.19. The van der Waals surface area contributed by atoms with Gasteiger partial charge in [-0.25, -0.2) is 0 Å². The van der Waals surface area contributed by atoms with Gasteiger partial charge in [0.25, 0.3) is 0 Å². The van der Waals surface area contributed by atoms with Crippen molar-refractivity contribution in [2.75, 3.05) is 26.2 Å². The quantitative estimate of drug-likeness (QED) is 0.710. The minimum Gasteiger partial charge on any atom is -0.480 e. The molecule has 0 radical (unpaired) electrons. The summed E-state index contributed by atoms with van der Waals surface area (Å²) in [5.74, 6) is -0.110. The number of piperazine rings is 1. The summed E-state index contributed by atoms with van der Waals surface area (Å²) < 4.78 is 0. The molecule has 4 nitrogen and oxygen atoms in total. The first-order chi connectivity index (χ1) is 7.15. The Kier molecular flexibility index (Phi) is 5.05. The molecule has 0 aromatic rings. The van der Waals surface area contributed by atoms with Crippen LogP contribution in [0, 0.1) is 5.92 Å². The van der Waals surface area contributed by atoms with Gasteiger partial charge in [-0.2, -0.15) is 0 Å². The summed E-state index contributed by atoms with van der Waals surface area (Å²) in [6.45, 7) is 7.61. The second-order valence-corrected chi connectivity index (χ2v) is 4.45. The van der Waals surface area contributed by atoms with Crippen LogP contribution in [0.25, 0.3) is 0 Å². The summed E-state index contributed by atoms with van der Waals surface area (Å²) in [6, 6.07) is -0.335. The molecule has 0 aliphatic carbocycles. The number of hydrogen-bond donors (Lipinski definition) is 2. The van der Waals surface area contributed by atoms with Crippen molar-refractivity contribution < 1.29 is 9.90 Å². The van der Waals surface area contributed by atoms with Crippen molar-refractivity contribution in [3.8, 4) is 0 Å². The number of carboxylic acid groups (broad SMARTS) is 1. The van der Waals surface area contributed by atoms with E-state index in [1.807, 2.05) is 0 Å². The molecule has 0 saturated carbocycles. The third-order valence-electron chi connectivity index (χ3n) is 2.97. The molecule has 15 heavy (non-hydrogen) atoms. The van der Waals surface area contributed by atoms with Gasteiger partial charge in [0, 0.05) is 26.2 Å². The van der Waals surface area contributed by atoms with Gasteiger partial charge in [-0.1, -0.05) is 20.3 Å². The van der Waals surface area contributed by atoms with E-state index in [2.05, 4.69) is 24.1 Å². The Morgan fingerprint density at radius 1 is 1.67 bits per heavy atom. The second kappa shape index (κ2) is 6.08. The lowest BCUT2D eigenvalue weighted by molar-refractivity contribution is -0.144. The highest BCUT2D eigenvalue weighted by Crippen LogP contribution is 2.11. The van der Waals surface area contributed by atoms with E-state index < -0.39 is 5.97 Å². The second-order valence-electron chi connectivity index (χ2n) is 4.45. The zero-order valence-corrected chi connectivity index (χ0v) is 9.70. The topological polar surface area (TPSA) is 52.6 Å². The molecule has 0 amide bonds. The van der Waals surface area contributed by atoms with Gasteiger partial charge in [0.2, 0.25) is 0 Å². The fourth-order valence-electron chi connectivity index (χ4n) is 2.19. The van der Waals surface area contributed by atoms with Crippen molar-refractivity contribution in [1.29, 1.82) is 0 Å². The van der Waals surface area contributed by atoms with E-state index >= 15 is 0 Å². The van der Waals surface area contributed by atoms with Crippen LogP contribution in [0.2, 0.25) is 0 Å². The molecule has 4 heteroatoms. The van der Waals surface area contributed by atoms with Crippen LogP contribution >= 0.6 is 0 Å². The Balaban J connectivity index is 2.45. The van der Waals surface area contributed by atoms with E-state index in [0.29, 0.717) is 12.5 Å². The van der Waals surface area contributed by atoms with Gasteiger partial charge < -0.3 is 10.4 Å². The summed E-state index contributed by atoms with van der Waals surface area (Å²) in [6.07, 6.45) is 2.35. The molecule has 0 bridgehead atoms. The fraction of sp³-hybridized carbons (Fsp3) is 0.909. The van der Waals surface area contributed by atoms with E-state index in [9.17, 15) is 4.79 Å². The van der Waals surface area contributed by atoms with Crippen LogP contribution in [0.15, 0.2) is 0 Å². The predicted molar refractivity (Wildman–Crippen MR) is 59.9 cm³/mol. The maximum Gasteiger partial charge on any atom is 0.322 e. The first-order valence-electron chi connectivity index (χ1n) is 5.82. The van der Waals surface area contributed by atoms with Crippen LogP contribution in [-0.4, -0.2) is 48.2 Å². The molecular weight excluding hydrogens is 192 g/mol. The summed E-state index contributed by atoms with van der Waals surface area (Å²) >= 11 is 0. The highest BCUT2D eigenvalue weighted by Gasteiger charge is 2.28. The van der Waals surface area contributed by atoms with Crippen molar-refractivity contribution in [3.05, 3.63) is 0 Å². The number of aliphatic carboxylic acids is 1. The van der Waals surface area contributed by atoms with Crippen LogP contribution in [0.5, 0.6) is 0 Å². The first kappa shape index (κ1) is 12.5. The lowest BCUT2D eigenvalue weighted by Gasteiger charge is -2.35. The van der Waals surface area contributed by atoms with Crippen LogP contribution in [-0.2, 0) is 4.79 Å². The van der Waals surface area contributed by atoms with E-state index in [1.165, 1.54) is 12.8 Å². The number of rotatable bonds is 5. The molecule has 1 fully saturated rings. The zero-order valence-electron chi connectivity index (χ0n) is 9.70. The van der Waals surface area contributed by atoms with Gasteiger partial charge in [-0.3, -0.25) is 9.69 Å². The number of hydrogen-bond acceptors (Lipinski definition) is 3. The van der Waals surface area contributed by atoms with Crippen LogP contribution in [0.4, 0.5) is 0 Å². The molecule has 1 rings (SSSR count). The number of carboxylic acids is 1. The van der Waals surface area contributed by atoms with Crippen molar-refractivity contribution in [1.82, 2.24) is 10.2 Å². The van der Waals surface area contributed by atoms with Gasteiger partial charge >= 0.3 is 5.97 Å². The molecule has 1 heterocycles. The Labute approximate surface area is 91.6 Å². The molecule has 2 atom stereocenters. The molecule has 0 aromatic carbocycles. The van der Waals surface area contributed by atoms with Crippen LogP contribution in [0.1, 0.15) is 26.7 Å². The molecule has 1 saturated heterocycles. The van der Waals surface area contributed by atoms with Crippen molar-refractivity contribution in [2.45, 2.75) is 32.7 Å². The third-order valence-corrected chi connectivity index (χ3v) is 2.97. The van der Waals surface area contributed by atoms with Gasteiger partial charge in [0.1, 0.15) is 6.04 Å². The van der Waals surface area contributed by atoms with Gasteiger partial charge in [-0.15, -0.1) is 0 Å². The molecular formula is C11H22N2O2. The van der Waals surface area contributed by atoms with Crippen LogP contribution in [0.3, 0.4) is 0 Å². The predicted octanol–water partition coefficient (Wildman–Crippen LogP) is 0.781. The normalized spacial score (nSPS) is 25.1. The highest BCUT2D eigenvalue weighted by atomic mass is 16.4. The standard InChI is InChI=1S/C11H22N2O2/c1-3-4-9(2)8-13-6-5-12-7-10(13)11(14)15/h9-10,12H,3-8H2,1-2H3,(H,14,15). The average molecular weight is 214 g/mol. The van der Waals surface area contributed by atoms with Gasteiger partial charge in [0.05, 0.1) is 0 Å². The summed E-state index contributed by atoms with van der Waals surface area (Å²) in [5.41, 5.74) is 0. The van der Waals surface area contributed by atoms with Gasteiger partial charge in [-0.05, 0) is 12.3 Å². The number of carbonyl (C=O) groups is 1. The van der Waals surface area contributed by atoms with Crippen molar-refractivity contribution in [2.24, 2.45) is 5.92 Å². The molecule has 2 unspecified atom stereocenters. The summed E-state index contributed by atoms with van der Waals surface area (Å²) in [7, 11) is 0. The monoisotopic (exact) mass is 214 g/mol. The Morgan fingerprint density at radius 2 is 2.40 bits per heavy atom. The van der Waals surface area contributed by atoms with E-state index in [-0.39, 0.29) is 6.04 Å². The van der Waals surface area contributed by atoms with E-state index in [4.69, 9.17) is 5.11 Å². The van der Waals surface area contributed by atoms with Crippen molar-refractivity contribution >= 4 is 5.97 Å². The molecule has 1 aliphatic heterocycles. The molecule has 2 N–H and O–H groups in total. The Morgan fingerprint density at radius 3 is 3.00 bits per heavy atom. The van der Waals surface area contributed by atoms with Gasteiger partial charge in [0.15, 0.2) is 0 Å². The average Bonchev–Trinajstić information content (AvgIpc) is 2.18. The number of nitrogens with one attached hydrogen (secondary N) is 1. The molecule has 1 aliphatic rings. The molecule has 0 aromatic heterocycles. The third kappa shape index (κ3) is 3.80. The van der Waals surface area contributed by atoms with E-state index in [0.717, 1.165) is 19.6 Å². The highest BCUT2D eigenvalue weighted by molar-refractivity contribution is 5.73. The zero-order chi connectivity index (χ0) is 11.3. The Bertz CT molecular complexity index is 209. The largest absolute Gasteiger partial charge is 0.480 e. The SMILES string of the molecule is CCCC(C)CN1CCNCC1C(=O)O. The summed E-state index contributed by atoms with van der Waals surface area (Å²) in [4.78, 5) is 13.1. The first-order valence-corrected chi connectivity index (χ1v) is 5.82.